The lowest BCUT2D eigenvalue weighted by Gasteiger charge is -2.22. The predicted octanol–water partition coefficient (Wildman–Crippen LogP) is 3.19. The Balaban J connectivity index is 0.00000361. The van der Waals surface area contributed by atoms with Crippen LogP contribution < -0.4 is 5.73 Å². The molecule has 116 valence electrons. The highest BCUT2D eigenvalue weighted by atomic mass is 35.5. The maximum absolute atomic E-state index is 13.2. The lowest BCUT2D eigenvalue weighted by Crippen LogP contribution is -2.39. The standard InChI is InChI=1S/C10H8F7NO.ClH/c11-6-2-1-4(9(12,13)14)3-5(6)7(18)8(19)10(15,16)17;/h1-3,7-8,19H,18H2;1H/t7-,8-;/m0./s1. The second kappa shape index (κ2) is 6.15. The average Bonchev–Trinajstić information content (AvgIpc) is 2.25. The first kappa shape index (κ1) is 18.9. The van der Waals surface area contributed by atoms with Crippen molar-refractivity contribution in [1.29, 1.82) is 0 Å². The molecule has 0 aliphatic rings. The number of halogens is 8. The molecule has 0 radical (unpaired) electrons. The van der Waals surface area contributed by atoms with Crippen LogP contribution >= 0.6 is 12.4 Å². The van der Waals surface area contributed by atoms with Crippen LogP contribution in [-0.4, -0.2) is 17.4 Å². The molecule has 2 nitrogen and oxygen atoms in total. The maximum atomic E-state index is 13.2. The van der Waals surface area contributed by atoms with Crippen LogP contribution in [-0.2, 0) is 6.18 Å². The molecule has 0 fully saturated rings. The molecule has 20 heavy (non-hydrogen) atoms. The smallest absolute Gasteiger partial charge is 0.382 e. The average molecular weight is 328 g/mol. The summed E-state index contributed by atoms with van der Waals surface area (Å²) in [5, 5.41) is 8.83. The fourth-order valence-electron chi connectivity index (χ4n) is 1.35. The molecule has 0 aliphatic carbocycles. The third-order valence-corrected chi connectivity index (χ3v) is 2.36. The van der Waals surface area contributed by atoms with E-state index in [0.717, 1.165) is 0 Å². The predicted molar refractivity (Wildman–Crippen MR) is 57.6 cm³/mol. The zero-order valence-electron chi connectivity index (χ0n) is 9.47. The molecule has 0 heterocycles. The summed E-state index contributed by atoms with van der Waals surface area (Å²) in [6.07, 6.45) is -13.2. The van der Waals surface area contributed by atoms with Gasteiger partial charge < -0.3 is 10.8 Å². The molecule has 0 bridgehead atoms. The van der Waals surface area contributed by atoms with E-state index in [1.807, 2.05) is 0 Å². The molecule has 2 atom stereocenters. The Labute approximate surface area is 114 Å². The molecule has 0 aromatic heterocycles. The van der Waals surface area contributed by atoms with Gasteiger partial charge in [-0.05, 0) is 18.2 Å². The number of nitrogens with two attached hydrogens (primary N) is 1. The molecule has 1 rings (SSSR count). The summed E-state index contributed by atoms with van der Waals surface area (Å²) >= 11 is 0. The summed E-state index contributed by atoms with van der Waals surface area (Å²) in [4.78, 5) is 0. The molecule has 0 unspecified atom stereocenters. The zero-order chi connectivity index (χ0) is 15.0. The first-order valence-corrected chi connectivity index (χ1v) is 4.81. The Kier molecular flexibility index (Phi) is 5.82. The van der Waals surface area contributed by atoms with Crippen LogP contribution in [0.1, 0.15) is 17.2 Å². The molecule has 0 saturated carbocycles. The van der Waals surface area contributed by atoms with E-state index in [9.17, 15) is 30.7 Å². The Bertz CT molecular complexity index is 460. The number of rotatable bonds is 2. The molecule has 10 heteroatoms. The van der Waals surface area contributed by atoms with Crippen molar-refractivity contribution < 1.29 is 35.8 Å². The van der Waals surface area contributed by atoms with E-state index in [1.54, 1.807) is 0 Å². The first-order valence-electron chi connectivity index (χ1n) is 4.81. The molecule has 1 aromatic carbocycles. The first-order chi connectivity index (χ1) is 8.44. The van der Waals surface area contributed by atoms with Gasteiger partial charge in [-0.25, -0.2) is 4.39 Å². The molecule has 0 saturated heterocycles. The van der Waals surface area contributed by atoms with Gasteiger partial charge in [0.1, 0.15) is 5.82 Å². The van der Waals surface area contributed by atoms with Crippen LogP contribution in [0.4, 0.5) is 30.7 Å². The van der Waals surface area contributed by atoms with Crippen molar-refractivity contribution in [3.05, 3.63) is 35.1 Å². The summed E-state index contributed by atoms with van der Waals surface area (Å²) in [6, 6.07) is -1.48. The van der Waals surface area contributed by atoms with Crippen molar-refractivity contribution in [2.75, 3.05) is 0 Å². The van der Waals surface area contributed by atoms with Crippen LogP contribution in [0.5, 0.6) is 0 Å². The third kappa shape index (κ3) is 4.22. The highest BCUT2D eigenvalue weighted by molar-refractivity contribution is 5.85. The number of aliphatic hydroxyl groups is 1. The van der Waals surface area contributed by atoms with Crippen molar-refractivity contribution in [3.8, 4) is 0 Å². The Hall–Kier alpha value is -1.06. The minimum Gasteiger partial charge on any atom is -0.382 e. The maximum Gasteiger partial charge on any atom is 0.416 e. The SMILES string of the molecule is Cl.N[C@@H](c1cc(C(F)(F)F)ccc1F)[C@H](O)C(F)(F)F. The van der Waals surface area contributed by atoms with Crippen LogP contribution in [0.15, 0.2) is 18.2 Å². The van der Waals surface area contributed by atoms with E-state index >= 15 is 0 Å². The van der Waals surface area contributed by atoms with Gasteiger partial charge in [0.25, 0.3) is 0 Å². The van der Waals surface area contributed by atoms with E-state index in [1.165, 1.54) is 0 Å². The number of alkyl halides is 6. The van der Waals surface area contributed by atoms with Gasteiger partial charge in [-0.3, -0.25) is 0 Å². The van der Waals surface area contributed by atoms with Crippen LogP contribution in [0.25, 0.3) is 0 Å². The van der Waals surface area contributed by atoms with Gasteiger partial charge in [-0.2, -0.15) is 26.3 Å². The van der Waals surface area contributed by atoms with Gasteiger partial charge in [0, 0.05) is 5.56 Å². The van der Waals surface area contributed by atoms with E-state index < -0.39 is 41.4 Å². The topological polar surface area (TPSA) is 46.2 Å². The molecular weight excluding hydrogens is 319 g/mol. The van der Waals surface area contributed by atoms with Gasteiger partial charge in [0.15, 0.2) is 6.10 Å². The molecule has 3 N–H and O–H groups in total. The van der Waals surface area contributed by atoms with E-state index in [0.29, 0.717) is 12.1 Å². The normalized spacial score (nSPS) is 15.4. The lowest BCUT2D eigenvalue weighted by molar-refractivity contribution is -0.210. The summed E-state index contributed by atoms with van der Waals surface area (Å²) in [5.41, 5.74) is 2.55. The number of hydrogen-bond acceptors (Lipinski definition) is 2. The summed E-state index contributed by atoms with van der Waals surface area (Å²) in [5.74, 6) is -1.36. The highest BCUT2D eigenvalue weighted by Gasteiger charge is 2.44. The lowest BCUT2D eigenvalue weighted by atomic mass is 9.99. The van der Waals surface area contributed by atoms with Crippen LogP contribution in [0.3, 0.4) is 0 Å². The molecule has 0 aliphatic heterocycles. The van der Waals surface area contributed by atoms with E-state index in [4.69, 9.17) is 10.8 Å². The summed E-state index contributed by atoms with van der Waals surface area (Å²) in [6.45, 7) is 0. The van der Waals surface area contributed by atoms with Gasteiger partial charge >= 0.3 is 12.4 Å². The minimum absolute atomic E-state index is 0. The van der Waals surface area contributed by atoms with Gasteiger partial charge in [0.05, 0.1) is 11.6 Å². The van der Waals surface area contributed by atoms with Gasteiger partial charge in [-0.1, -0.05) is 0 Å². The van der Waals surface area contributed by atoms with Crippen molar-refractivity contribution in [3.63, 3.8) is 0 Å². The number of hydrogen-bond donors (Lipinski definition) is 2. The molecule has 0 amide bonds. The number of benzene rings is 1. The van der Waals surface area contributed by atoms with Crippen LogP contribution in [0, 0.1) is 5.82 Å². The van der Waals surface area contributed by atoms with Gasteiger partial charge in [0.2, 0.25) is 0 Å². The minimum atomic E-state index is -5.17. The fraction of sp³-hybridized carbons (Fsp3) is 0.400. The van der Waals surface area contributed by atoms with E-state index in [2.05, 4.69) is 0 Å². The second-order valence-corrected chi connectivity index (χ2v) is 3.75. The van der Waals surface area contributed by atoms with Crippen LogP contribution in [0.2, 0.25) is 0 Å². The molecule has 1 aromatic rings. The van der Waals surface area contributed by atoms with Crippen molar-refractivity contribution in [1.82, 2.24) is 0 Å². The van der Waals surface area contributed by atoms with Crippen molar-refractivity contribution in [2.24, 2.45) is 5.73 Å². The second-order valence-electron chi connectivity index (χ2n) is 3.75. The Morgan fingerprint density at radius 3 is 1.95 bits per heavy atom. The van der Waals surface area contributed by atoms with E-state index in [-0.39, 0.29) is 18.5 Å². The fourth-order valence-corrected chi connectivity index (χ4v) is 1.35. The quantitative estimate of drug-likeness (QED) is 0.820. The largest absolute Gasteiger partial charge is 0.416 e. The van der Waals surface area contributed by atoms with Gasteiger partial charge in [-0.15, -0.1) is 12.4 Å². The van der Waals surface area contributed by atoms with Crippen molar-refractivity contribution in [2.45, 2.75) is 24.5 Å². The zero-order valence-corrected chi connectivity index (χ0v) is 10.3. The summed E-state index contributed by atoms with van der Waals surface area (Å²) in [7, 11) is 0. The van der Waals surface area contributed by atoms with Crippen molar-refractivity contribution >= 4 is 12.4 Å². The third-order valence-electron chi connectivity index (χ3n) is 2.36. The Morgan fingerprint density at radius 1 is 1.05 bits per heavy atom. The monoisotopic (exact) mass is 327 g/mol. The highest BCUT2D eigenvalue weighted by Crippen LogP contribution is 2.34. The molecule has 0 spiro atoms. The molecular formula is C10H9ClF7NO. The number of aliphatic hydroxyl groups excluding tert-OH is 1. The Morgan fingerprint density at radius 2 is 1.55 bits per heavy atom. The summed E-state index contributed by atoms with van der Waals surface area (Å²) < 4.78 is 86.8.